The molecule has 1 unspecified atom stereocenters. The highest BCUT2D eigenvalue weighted by Gasteiger charge is 2.61. The third-order valence-corrected chi connectivity index (χ3v) is 7.93. The number of sulfonamides is 1. The van der Waals surface area contributed by atoms with Gasteiger partial charge in [-0.2, -0.15) is 0 Å². The fourth-order valence-electron chi connectivity index (χ4n) is 5.21. The summed E-state index contributed by atoms with van der Waals surface area (Å²) < 4.78 is 27.3. The predicted molar refractivity (Wildman–Crippen MR) is 123 cm³/mol. The topological polar surface area (TPSA) is 86.7 Å². The number of nitrogens with zero attached hydrogens (tertiary/aromatic N) is 1. The molecule has 0 bridgehead atoms. The highest BCUT2D eigenvalue weighted by Crippen LogP contribution is 2.56. The van der Waals surface area contributed by atoms with Crippen molar-refractivity contribution >= 4 is 15.9 Å². The van der Waals surface area contributed by atoms with Crippen LogP contribution in [0.15, 0.2) is 54.6 Å². The molecule has 3 fully saturated rings. The number of amides is 1. The second-order valence-corrected chi connectivity index (χ2v) is 11.6. The van der Waals surface area contributed by atoms with E-state index >= 15 is 0 Å². The predicted octanol–water partition coefficient (Wildman–Crippen LogP) is 2.58. The zero-order valence-electron chi connectivity index (χ0n) is 18.3. The maximum absolute atomic E-state index is 13.2. The van der Waals surface area contributed by atoms with Crippen LogP contribution in [-0.2, 0) is 21.2 Å². The van der Waals surface area contributed by atoms with Crippen LogP contribution in [0.25, 0.3) is 11.1 Å². The van der Waals surface area contributed by atoms with Crippen molar-refractivity contribution in [1.29, 1.82) is 0 Å². The number of carbonyl (C=O) groups excluding carboxylic acids is 1. The summed E-state index contributed by atoms with van der Waals surface area (Å²) in [5.41, 5.74) is 3.03. The van der Waals surface area contributed by atoms with E-state index in [0.29, 0.717) is 13.0 Å². The van der Waals surface area contributed by atoms with E-state index in [9.17, 15) is 18.3 Å². The first kappa shape index (κ1) is 21.6. The maximum atomic E-state index is 13.2. The molecular formula is C25H30N2O4S. The molecule has 3 aliphatic rings. The summed E-state index contributed by atoms with van der Waals surface area (Å²) in [6.45, 7) is 0.506. The Labute approximate surface area is 189 Å². The van der Waals surface area contributed by atoms with Crippen LogP contribution in [0.3, 0.4) is 0 Å². The number of aliphatic hydroxyl groups is 1. The van der Waals surface area contributed by atoms with Gasteiger partial charge in [-0.15, -0.1) is 0 Å². The first-order chi connectivity index (χ1) is 15.3. The second-order valence-electron chi connectivity index (χ2n) is 9.82. The van der Waals surface area contributed by atoms with Crippen LogP contribution in [0.4, 0.5) is 0 Å². The smallest absolute Gasteiger partial charge is 0.252 e. The number of nitrogens with one attached hydrogen (secondary N) is 1. The molecule has 1 saturated heterocycles. The van der Waals surface area contributed by atoms with Crippen LogP contribution < -0.4 is 4.72 Å². The van der Waals surface area contributed by atoms with E-state index in [0.717, 1.165) is 42.4 Å². The van der Waals surface area contributed by atoms with Gasteiger partial charge in [-0.25, -0.2) is 13.1 Å². The molecule has 1 amide bonds. The summed E-state index contributed by atoms with van der Waals surface area (Å²) in [6.07, 6.45) is 4.27. The zero-order valence-corrected chi connectivity index (χ0v) is 19.1. The number of benzene rings is 2. The fraction of sp³-hybridized carbons (Fsp3) is 0.480. The molecule has 2 saturated carbocycles. The van der Waals surface area contributed by atoms with Gasteiger partial charge in [-0.3, -0.25) is 4.79 Å². The summed E-state index contributed by atoms with van der Waals surface area (Å²) in [7, 11) is -3.44. The van der Waals surface area contributed by atoms with E-state index in [4.69, 9.17) is 0 Å². The third kappa shape index (κ3) is 4.34. The lowest BCUT2D eigenvalue weighted by atomic mass is 9.91. The number of aliphatic hydroxyl groups excluding tert-OH is 1. The second kappa shape index (κ2) is 7.97. The van der Waals surface area contributed by atoms with Gasteiger partial charge in [0.25, 0.3) is 5.91 Å². The molecule has 0 radical (unpaired) electrons. The van der Waals surface area contributed by atoms with Gasteiger partial charge < -0.3 is 10.0 Å². The summed E-state index contributed by atoms with van der Waals surface area (Å²) in [6, 6.07) is 17.7. The van der Waals surface area contributed by atoms with Crippen LogP contribution >= 0.6 is 0 Å². The van der Waals surface area contributed by atoms with Crippen molar-refractivity contribution < 1.29 is 18.3 Å². The minimum absolute atomic E-state index is 0.0432. The van der Waals surface area contributed by atoms with Gasteiger partial charge in [0.2, 0.25) is 10.0 Å². The lowest BCUT2D eigenvalue weighted by Crippen LogP contribution is -2.51. The first-order valence-electron chi connectivity index (χ1n) is 11.4. The van der Waals surface area contributed by atoms with E-state index in [-0.39, 0.29) is 29.3 Å². The Hall–Kier alpha value is -2.22. The van der Waals surface area contributed by atoms with Crippen LogP contribution in [0.2, 0.25) is 0 Å². The van der Waals surface area contributed by atoms with Crippen molar-refractivity contribution in [2.24, 2.45) is 11.3 Å². The lowest BCUT2D eigenvalue weighted by molar-refractivity contribution is -0.142. The SMILES string of the molecule is CS(=O)(=O)N[C@@H]1[C@H](Cc2cccc(-c3ccccc3)c2)N(C(=O)C(O)C2CC2)CC12CC2. The summed E-state index contributed by atoms with van der Waals surface area (Å²) in [5, 5.41) is 10.6. The summed E-state index contributed by atoms with van der Waals surface area (Å²) in [5.74, 6) is -0.206. The Morgan fingerprint density at radius 3 is 2.44 bits per heavy atom. The molecule has 3 atom stereocenters. The van der Waals surface area contributed by atoms with Crippen molar-refractivity contribution in [3.8, 4) is 11.1 Å². The number of rotatable bonds is 7. The highest BCUT2D eigenvalue weighted by atomic mass is 32.2. The van der Waals surface area contributed by atoms with E-state index in [1.54, 1.807) is 4.90 Å². The standard InChI is InChI=1S/C25H30N2O4S/c1-32(30,31)26-23-21(15-17-6-5-9-20(14-17)18-7-3-2-4-8-18)27(16-25(23)12-13-25)24(29)22(28)19-10-11-19/h2-9,14,19,21-23,26,28H,10-13,15-16H2,1H3/t21-,22?,23+/m0/s1. The van der Waals surface area contributed by atoms with Gasteiger partial charge in [0.1, 0.15) is 6.10 Å². The molecule has 2 aromatic carbocycles. The van der Waals surface area contributed by atoms with Gasteiger partial charge >= 0.3 is 0 Å². The molecule has 7 heteroatoms. The van der Waals surface area contributed by atoms with Crippen molar-refractivity contribution in [1.82, 2.24) is 9.62 Å². The zero-order chi connectivity index (χ0) is 22.5. The van der Waals surface area contributed by atoms with Gasteiger partial charge in [0.05, 0.1) is 12.3 Å². The van der Waals surface area contributed by atoms with Gasteiger partial charge in [-0.1, -0.05) is 54.6 Å². The molecule has 170 valence electrons. The molecule has 32 heavy (non-hydrogen) atoms. The number of hydrogen-bond acceptors (Lipinski definition) is 4. The van der Waals surface area contributed by atoms with Gasteiger partial charge in [0, 0.05) is 18.0 Å². The highest BCUT2D eigenvalue weighted by molar-refractivity contribution is 7.88. The van der Waals surface area contributed by atoms with Crippen molar-refractivity contribution in [3.63, 3.8) is 0 Å². The minimum atomic E-state index is -3.44. The number of likely N-dealkylation sites (tertiary alicyclic amines) is 1. The Morgan fingerprint density at radius 1 is 1.12 bits per heavy atom. The van der Waals surface area contributed by atoms with Gasteiger partial charge in [-0.05, 0) is 54.7 Å². The molecule has 2 aliphatic carbocycles. The van der Waals surface area contributed by atoms with Gasteiger partial charge in [0.15, 0.2) is 0 Å². The summed E-state index contributed by atoms with van der Waals surface area (Å²) >= 11 is 0. The Bertz CT molecular complexity index is 1110. The molecule has 5 rings (SSSR count). The fourth-order valence-corrected chi connectivity index (χ4v) is 6.08. The quantitative estimate of drug-likeness (QED) is 0.673. The van der Waals surface area contributed by atoms with E-state index in [2.05, 4.69) is 29.0 Å². The number of carbonyl (C=O) groups is 1. The molecular weight excluding hydrogens is 424 g/mol. The average molecular weight is 455 g/mol. The van der Waals surface area contributed by atoms with Crippen molar-refractivity contribution in [2.75, 3.05) is 12.8 Å². The molecule has 2 aromatic rings. The monoisotopic (exact) mass is 454 g/mol. The van der Waals surface area contributed by atoms with E-state index in [1.165, 1.54) is 6.26 Å². The lowest BCUT2D eigenvalue weighted by Gasteiger charge is -2.30. The van der Waals surface area contributed by atoms with E-state index in [1.807, 2.05) is 30.3 Å². The van der Waals surface area contributed by atoms with E-state index < -0.39 is 16.1 Å². The molecule has 1 spiro atoms. The van der Waals surface area contributed by atoms with Crippen LogP contribution in [0, 0.1) is 11.3 Å². The normalized spacial score (nSPS) is 25.1. The molecule has 2 N–H and O–H groups in total. The number of hydrogen-bond donors (Lipinski definition) is 2. The van der Waals surface area contributed by atoms with Crippen LogP contribution in [0.1, 0.15) is 31.2 Å². The Kier molecular flexibility index (Phi) is 5.39. The van der Waals surface area contributed by atoms with Crippen LogP contribution in [0.5, 0.6) is 0 Å². The van der Waals surface area contributed by atoms with Crippen molar-refractivity contribution in [2.45, 2.75) is 50.3 Å². The van der Waals surface area contributed by atoms with Crippen molar-refractivity contribution in [3.05, 3.63) is 60.2 Å². The third-order valence-electron chi connectivity index (χ3n) is 7.25. The maximum Gasteiger partial charge on any atom is 0.252 e. The first-order valence-corrected chi connectivity index (χ1v) is 13.3. The Morgan fingerprint density at radius 2 is 1.81 bits per heavy atom. The molecule has 6 nitrogen and oxygen atoms in total. The Balaban J connectivity index is 1.46. The largest absolute Gasteiger partial charge is 0.383 e. The molecule has 0 aromatic heterocycles. The molecule has 1 aliphatic heterocycles. The molecule has 1 heterocycles. The van der Waals surface area contributed by atoms with Crippen LogP contribution in [-0.4, -0.2) is 55.3 Å². The summed E-state index contributed by atoms with van der Waals surface area (Å²) in [4.78, 5) is 15.0. The minimum Gasteiger partial charge on any atom is -0.383 e. The average Bonchev–Trinajstić information content (AvgIpc) is 3.69.